The predicted octanol–water partition coefficient (Wildman–Crippen LogP) is 2.18. The van der Waals surface area contributed by atoms with Gasteiger partial charge in [0.05, 0.1) is 12.5 Å². The van der Waals surface area contributed by atoms with Crippen molar-refractivity contribution in [2.45, 2.75) is 0 Å². The highest BCUT2D eigenvalue weighted by atomic mass is 19.1. The second-order valence-electron chi connectivity index (χ2n) is 3.22. The Labute approximate surface area is 96.8 Å². The summed E-state index contributed by atoms with van der Waals surface area (Å²) in [7, 11) is 0. The molecule has 17 heavy (non-hydrogen) atoms. The van der Waals surface area contributed by atoms with Crippen LogP contribution in [0.25, 0.3) is 0 Å². The van der Waals surface area contributed by atoms with Crippen LogP contribution in [0.15, 0.2) is 52.2 Å². The molecule has 2 aromatic rings. The number of rotatable bonds is 3. The number of amides is 1. The van der Waals surface area contributed by atoms with E-state index < -0.39 is 11.7 Å². The Kier molecular flexibility index (Phi) is 3.30. The van der Waals surface area contributed by atoms with Gasteiger partial charge < -0.3 is 4.42 Å². The summed E-state index contributed by atoms with van der Waals surface area (Å²) in [5.41, 5.74) is 2.48. The van der Waals surface area contributed by atoms with Crippen LogP contribution in [0.5, 0.6) is 0 Å². The highest BCUT2D eigenvalue weighted by Gasteiger charge is 2.04. The van der Waals surface area contributed by atoms with Gasteiger partial charge >= 0.3 is 0 Å². The third kappa shape index (κ3) is 3.01. The summed E-state index contributed by atoms with van der Waals surface area (Å²) < 4.78 is 17.8. The molecule has 0 radical (unpaired) electrons. The zero-order valence-corrected chi connectivity index (χ0v) is 8.76. The van der Waals surface area contributed by atoms with Gasteiger partial charge in [0.1, 0.15) is 11.6 Å². The van der Waals surface area contributed by atoms with Crippen molar-refractivity contribution >= 4 is 12.1 Å². The lowest BCUT2D eigenvalue weighted by Crippen LogP contribution is -2.17. The quantitative estimate of drug-likeness (QED) is 0.651. The van der Waals surface area contributed by atoms with Crippen LogP contribution in [0.3, 0.4) is 0 Å². The number of hydrogen-bond donors (Lipinski definition) is 1. The lowest BCUT2D eigenvalue weighted by molar-refractivity contribution is 0.0954. The number of carbonyl (C=O) groups is 1. The number of hydrazone groups is 1. The van der Waals surface area contributed by atoms with Crippen molar-refractivity contribution in [1.82, 2.24) is 5.43 Å². The summed E-state index contributed by atoms with van der Waals surface area (Å²) in [6, 6.07) is 8.76. The Morgan fingerprint density at radius 3 is 2.94 bits per heavy atom. The highest BCUT2D eigenvalue weighted by molar-refractivity contribution is 5.94. The van der Waals surface area contributed by atoms with E-state index in [1.54, 1.807) is 12.1 Å². The molecule has 0 unspecified atom stereocenters. The van der Waals surface area contributed by atoms with Gasteiger partial charge in [-0.1, -0.05) is 6.07 Å². The van der Waals surface area contributed by atoms with Crippen LogP contribution in [-0.2, 0) is 0 Å². The maximum Gasteiger partial charge on any atom is 0.271 e. The van der Waals surface area contributed by atoms with E-state index in [9.17, 15) is 9.18 Å². The number of carbonyl (C=O) groups excluding carboxylic acids is 1. The van der Waals surface area contributed by atoms with Crippen LogP contribution in [0, 0.1) is 5.82 Å². The fourth-order valence-corrected chi connectivity index (χ4v) is 1.21. The second-order valence-corrected chi connectivity index (χ2v) is 3.22. The van der Waals surface area contributed by atoms with Gasteiger partial charge in [0.15, 0.2) is 0 Å². The van der Waals surface area contributed by atoms with Gasteiger partial charge in [0, 0.05) is 5.56 Å². The smallest absolute Gasteiger partial charge is 0.271 e. The Morgan fingerprint density at radius 1 is 1.35 bits per heavy atom. The Bertz CT molecular complexity index is 535. The molecule has 0 spiro atoms. The first-order chi connectivity index (χ1) is 8.25. The van der Waals surface area contributed by atoms with E-state index in [0.717, 1.165) is 6.07 Å². The zero-order valence-electron chi connectivity index (χ0n) is 8.76. The average molecular weight is 232 g/mol. The molecule has 1 aromatic heterocycles. The number of halogens is 1. The standard InChI is InChI=1S/C12H9FN2O2/c13-10-4-1-3-9(7-10)12(16)15-14-8-11-5-2-6-17-11/h1-8H,(H,15,16). The third-order valence-corrected chi connectivity index (χ3v) is 1.99. The van der Waals surface area contributed by atoms with E-state index in [-0.39, 0.29) is 5.56 Å². The van der Waals surface area contributed by atoms with Crippen LogP contribution in [0.2, 0.25) is 0 Å². The minimum atomic E-state index is -0.479. The van der Waals surface area contributed by atoms with Crippen molar-refractivity contribution in [3.8, 4) is 0 Å². The lowest BCUT2D eigenvalue weighted by Gasteiger charge is -1.98. The number of nitrogens with one attached hydrogen (secondary N) is 1. The highest BCUT2D eigenvalue weighted by Crippen LogP contribution is 2.03. The van der Waals surface area contributed by atoms with Crippen LogP contribution < -0.4 is 5.43 Å². The summed E-state index contributed by atoms with van der Waals surface area (Å²) in [4.78, 5) is 11.5. The van der Waals surface area contributed by atoms with Gasteiger partial charge in [-0.3, -0.25) is 4.79 Å². The van der Waals surface area contributed by atoms with Crippen molar-refractivity contribution in [3.05, 3.63) is 59.8 Å². The molecule has 86 valence electrons. The zero-order chi connectivity index (χ0) is 12.1. The summed E-state index contributed by atoms with van der Waals surface area (Å²) >= 11 is 0. The van der Waals surface area contributed by atoms with Gasteiger partial charge in [-0.05, 0) is 30.3 Å². The van der Waals surface area contributed by atoms with Crippen molar-refractivity contribution in [2.24, 2.45) is 5.10 Å². The molecule has 0 aliphatic rings. The number of nitrogens with zero attached hydrogens (tertiary/aromatic N) is 1. The second kappa shape index (κ2) is 5.07. The molecule has 4 nitrogen and oxygen atoms in total. The molecular weight excluding hydrogens is 223 g/mol. The molecule has 1 heterocycles. The maximum atomic E-state index is 12.8. The van der Waals surface area contributed by atoms with Gasteiger partial charge in [-0.25, -0.2) is 9.82 Å². The average Bonchev–Trinajstić information content (AvgIpc) is 2.82. The van der Waals surface area contributed by atoms with Gasteiger partial charge in [-0.2, -0.15) is 5.10 Å². The van der Waals surface area contributed by atoms with E-state index in [1.165, 1.54) is 30.7 Å². The predicted molar refractivity (Wildman–Crippen MR) is 60.2 cm³/mol. The molecular formula is C12H9FN2O2. The fourth-order valence-electron chi connectivity index (χ4n) is 1.21. The SMILES string of the molecule is O=C(NN=Cc1ccco1)c1cccc(F)c1. The number of benzene rings is 1. The van der Waals surface area contributed by atoms with E-state index in [0.29, 0.717) is 5.76 Å². The van der Waals surface area contributed by atoms with Crippen molar-refractivity contribution in [3.63, 3.8) is 0 Å². The van der Waals surface area contributed by atoms with Gasteiger partial charge in [0.2, 0.25) is 0 Å². The van der Waals surface area contributed by atoms with Crippen LogP contribution in [-0.4, -0.2) is 12.1 Å². The molecule has 0 saturated heterocycles. The molecule has 0 aliphatic carbocycles. The lowest BCUT2D eigenvalue weighted by atomic mass is 10.2. The Hall–Kier alpha value is -2.43. The van der Waals surface area contributed by atoms with Crippen molar-refractivity contribution < 1.29 is 13.6 Å². The molecule has 5 heteroatoms. The van der Waals surface area contributed by atoms with E-state index in [4.69, 9.17) is 4.42 Å². The molecule has 1 N–H and O–H groups in total. The van der Waals surface area contributed by atoms with E-state index in [1.807, 2.05) is 0 Å². The normalized spacial score (nSPS) is 10.6. The monoisotopic (exact) mass is 232 g/mol. The van der Waals surface area contributed by atoms with Crippen LogP contribution >= 0.6 is 0 Å². The minimum absolute atomic E-state index is 0.210. The molecule has 1 amide bonds. The minimum Gasteiger partial charge on any atom is -0.463 e. The van der Waals surface area contributed by atoms with Gasteiger partial charge in [-0.15, -0.1) is 0 Å². The molecule has 2 rings (SSSR count). The fraction of sp³-hybridized carbons (Fsp3) is 0. The summed E-state index contributed by atoms with van der Waals surface area (Å²) in [5, 5.41) is 3.68. The number of furan rings is 1. The van der Waals surface area contributed by atoms with Gasteiger partial charge in [0.25, 0.3) is 5.91 Å². The van der Waals surface area contributed by atoms with E-state index in [2.05, 4.69) is 10.5 Å². The largest absolute Gasteiger partial charge is 0.463 e. The van der Waals surface area contributed by atoms with Crippen LogP contribution in [0.4, 0.5) is 4.39 Å². The first kappa shape index (κ1) is 11.1. The summed E-state index contributed by atoms with van der Waals surface area (Å²) in [6.07, 6.45) is 2.85. The molecule has 1 aromatic carbocycles. The Balaban J connectivity index is 1.98. The van der Waals surface area contributed by atoms with Crippen molar-refractivity contribution in [2.75, 3.05) is 0 Å². The van der Waals surface area contributed by atoms with Crippen molar-refractivity contribution in [1.29, 1.82) is 0 Å². The third-order valence-electron chi connectivity index (χ3n) is 1.99. The molecule has 0 bridgehead atoms. The first-order valence-corrected chi connectivity index (χ1v) is 4.88. The summed E-state index contributed by atoms with van der Waals surface area (Å²) in [5.74, 6) is -0.426. The first-order valence-electron chi connectivity index (χ1n) is 4.88. The molecule has 0 aliphatic heterocycles. The maximum absolute atomic E-state index is 12.8. The van der Waals surface area contributed by atoms with E-state index >= 15 is 0 Å². The number of hydrogen-bond acceptors (Lipinski definition) is 3. The topological polar surface area (TPSA) is 54.6 Å². The Morgan fingerprint density at radius 2 is 2.24 bits per heavy atom. The molecule has 0 atom stereocenters. The van der Waals surface area contributed by atoms with Crippen LogP contribution in [0.1, 0.15) is 16.1 Å². The summed E-state index contributed by atoms with van der Waals surface area (Å²) in [6.45, 7) is 0. The molecule has 0 saturated carbocycles. The molecule has 0 fully saturated rings.